The average Bonchev–Trinajstić information content (AvgIpc) is 2.22. The highest BCUT2D eigenvalue weighted by atomic mass is 35.5. The van der Waals surface area contributed by atoms with Crippen molar-refractivity contribution in [3.63, 3.8) is 0 Å². The maximum Gasteiger partial charge on any atom is 0.0407 e. The number of hydrogen-bond donors (Lipinski definition) is 2. The lowest BCUT2D eigenvalue weighted by molar-refractivity contribution is 0.548. The summed E-state index contributed by atoms with van der Waals surface area (Å²) in [5, 5.41) is 4.10. The molecular weight excluding hydrogens is 196 g/mol. The van der Waals surface area contributed by atoms with E-state index in [0.717, 1.165) is 30.2 Å². The van der Waals surface area contributed by atoms with Gasteiger partial charge in [0.2, 0.25) is 0 Å². The molecule has 0 heterocycles. The molecule has 0 aliphatic heterocycles. The Morgan fingerprint density at radius 2 is 2.00 bits per heavy atom. The molecule has 0 saturated carbocycles. The van der Waals surface area contributed by atoms with E-state index in [-0.39, 0.29) is 0 Å². The van der Waals surface area contributed by atoms with E-state index in [2.05, 4.69) is 12.2 Å². The van der Waals surface area contributed by atoms with Crippen molar-refractivity contribution in [1.29, 1.82) is 0 Å². The first-order chi connectivity index (χ1) is 6.76. The molecular formula is C11H17ClN2. The molecule has 14 heavy (non-hydrogen) atoms. The zero-order valence-electron chi connectivity index (χ0n) is 8.46. The SMILES string of the molecule is CCC(CN)CNc1ccc(Cl)cc1. The summed E-state index contributed by atoms with van der Waals surface area (Å²) in [6.07, 6.45) is 1.11. The van der Waals surface area contributed by atoms with Gasteiger partial charge in [0.1, 0.15) is 0 Å². The van der Waals surface area contributed by atoms with Crippen molar-refractivity contribution in [3.8, 4) is 0 Å². The maximum atomic E-state index is 5.78. The van der Waals surface area contributed by atoms with Crippen molar-refractivity contribution < 1.29 is 0 Å². The number of hydrogen-bond acceptors (Lipinski definition) is 2. The Labute approximate surface area is 90.4 Å². The van der Waals surface area contributed by atoms with Crippen LogP contribution in [-0.2, 0) is 0 Å². The van der Waals surface area contributed by atoms with Gasteiger partial charge in [-0.1, -0.05) is 24.9 Å². The smallest absolute Gasteiger partial charge is 0.0407 e. The Kier molecular flexibility index (Phi) is 4.77. The van der Waals surface area contributed by atoms with E-state index in [0.29, 0.717) is 5.92 Å². The topological polar surface area (TPSA) is 38.0 Å². The Morgan fingerprint density at radius 1 is 1.36 bits per heavy atom. The third kappa shape index (κ3) is 3.56. The number of rotatable bonds is 5. The summed E-state index contributed by atoms with van der Waals surface area (Å²) < 4.78 is 0. The first-order valence-corrected chi connectivity index (χ1v) is 5.33. The molecule has 3 heteroatoms. The van der Waals surface area contributed by atoms with Crippen molar-refractivity contribution in [2.75, 3.05) is 18.4 Å². The molecule has 1 aromatic carbocycles. The molecule has 3 N–H and O–H groups in total. The number of nitrogens with one attached hydrogen (secondary N) is 1. The van der Waals surface area contributed by atoms with Crippen LogP contribution in [-0.4, -0.2) is 13.1 Å². The van der Waals surface area contributed by atoms with E-state index in [1.54, 1.807) is 0 Å². The lowest BCUT2D eigenvalue weighted by Crippen LogP contribution is -2.21. The molecule has 0 aromatic heterocycles. The van der Waals surface area contributed by atoms with E-state index < -0.39 is 0 Å². The Bertz CT molecular complexity index is 254. The minimum atomic E-state index is 0.547. The molecule has 0 saturated heterocycles. The second-order valence-electron chi connectivity index (χ2n) is 3.40. The van der Waals surface area contributed by atoms with Crippen molar-refractivity contribution in [1.82, 2.24) is 0 Å². The summed E-state index contributed by atoms with van der Waals surface area (Å²) >= 11 is 5.78. The fourth-order valence-electron chi connectivity index (χ4n) is 1.22. The predicted molar refractivity (Wildman–Crippen MR) is 62.8 cm³/mol. The number of anilines is 1. The first kappa shape index (κ1) is 11.3. The minimum Gasteiger partial charge on any atom is -0.385 e. The standard InChI is InChI=1S/C11H17ClN2/c1-2-9(7-13)8-14-11-5-3-10(12)4-6-11/h3-6,9,14H,2,7-8,13H2,1H3. The normalized spacial score (nSPS) is 12.5. The summed E-state index contributed by atoms with van der Waals surface area (Å²) in [7, 11) is 0. The average molecular weight is 213 g/mol. The Balaban J connectivity index is 2.41. The van der Waals surface area contributed by atoms with Crippen LogP contribution in [0.5, 0.6) is 0 Å². The van der Waals surface area contributed by atoms with E-state index in [4.69, 9.17) is 17.3 Å². The highest BCUT2D eigenvalue weighted by Gasteiger charge is 2.02. The van der Waals surface area contributed by atoms with E-state index in [9.17, 15) is 0 Å². The molecule has 0 fully saturated rings. The summed E-state index contributed by atoms with van der Waals surface area (Å²) in [5.74, 6) is 0.547. The van der Waals surface area contributed by atoms with E-state index >= 15 is 0 Å². The highest BCUT2D eigenvalue weighted by molar-refractivity contribution is 6.30. The summed E-state index contributed by atoms with van der Waals surface area (Å²) in [5.41, 5.74) is 6.71. The van der Waals surface area contributed by atoms with Gasteiger partial charge >= 0.3 is 0 Å². The van der Waals surface area contributed by atoms with Crippen molar-refractivity contribution in [2.24, 2.45) is 11.7 Å². The maximum absolute atomic E-state index is 5.78. The van der Waals surface area contributed by atoms with Crippen LogP contribution in [0.15, 0.2) is 24.3 Å². The molecule has 0 amide bonds. The molecule has 2 nitrogen and oxygen atoms in total. The van der Waals surface area contributed by atoms with Crippen LogP contribution >= 0.6 is 11.6 Å². The van der Waals surface area contributed by atoms with Crippen molar-refractivity contribution in [2.45, 2.75) is 13.3 Å². The van der Waals surface area contributed by atoms with Crippen LogP contribution in [0.4, 0.5) is 5.69 Å². The molecule has 78 valence electrons. The quantitative estimate of drug-likeness (QED) is 0.788. The Morgan fingerprint density at radius 3 is 2.50 bits per heavy atom. The monoisotopic (exact) mass is 212 g/mol. The molecule has 1 unspecified atom stereocenters. The lowest BCUT2D eigenvalue weighted by atomic mass is 10.1. The lowest BCUT2D eigenvalue weighted by Gasteiger charge is -2.13. The van der Waals surface area contributed by atoms with Gasteiger partial charge in [-0.05, 0) is 36.7 Å². The van der Waals surface area contributed by atoms with Gasteiger partial charge in [0.25, 0.3) is 0 Å². The third-order valence-electron chi connectivity index (χ3n) is 2.35. The van der Waals surface area contributed by atoms with Gasteiger partial charge < -0.3 is 11.1 Å². The molecule has 1 rings (SSSR count). The summed E-state index contributed by atoms with van der Waals surface area (Å²) in [6, 6.07) is 7.72. The van der Waals surface area contributed by atoms with Gasteiger partial charge in [-0.2, -0.15) is 0 Å². The number of halogens is 1. The van der Waals surface area contributed by atoms with Gasteiger partial charge in [0.05, 0.1) is 0 Å². The van der Waals surface area contributed by atoms with Crippen LogP contribution < -0.4 is 11.1 Å². The fraction of sp³-hybridized carbons (Fsp3) is 0.455. The van der Waals surface area contributed by atoms with Gasteiger partial charge in [-0.15, -0.1) is 0 Å². The zero-order valence-corrected chi connectivity index (χ0v) is 9.22. The summed E-state index contributed by atoms with van der Waals surface area (Å²) in [4.78, 5) is 0. The van der Waals surface area contributed by atoms with Crippen LogP contribution in [0.25, 0.3) is 0 Å². The molecule has 0 aliphatic rings. The van der Waals surface area contributed by atoms with Crippen LogP contribution in [0, 0.1) is 5.92 Å². The van der Waals surface area contributed by atoms with Crippen LogP contribution in [0.2, 0.25) is 5.02 Å². The van der Waals surface area contributed by atoms with Crippen LogP contribution in [0.1, 0.15) is 13.3 Å². The van der Waals surface area contributed by atoms with Gasteiger partial charge in [0, 0.05) is 17.3 Å². The molecule has 0 aliphatic carbocycles. The fourth-order valence-corrected chi connectivity index (χ4v) is 1.35. The van der Waals surface area contributed by atoms with E-state index in [1.165, 1.54) is 0 Å². The van der Waals surface area contributed by atoms with Crippen LogP contribution in [0.3, 0.4) is 0 Å². The largest absolute Gasteiger partial charge is 0.385 e. The molecule has 0 bridgehead atoms. The van der Waals surface area contributed by atoms with Gasteiger partial charge in [-0.25, -0.2) is 0 Å². The predicted octanol–water partition coefficient (Wildman–Crippen LogP) is 2.74. The van der Waals surface area contributed by atoms with Crippen molar-refractivity contribution >= 4 is 17.3 Å². The second-order valence-corrected chi connectivity index (χ2v) is 3.83. The second kappa shape index (κ2) is 5.89. The zero-order chi connectivity index (χ0) is 10.4. The minimum absolute atomic E-state index is 0.547. The number of benzene rings is 1. The summed E-state index contributed by atoms with van der Waals surface area (Å²) in [6.45, 7) is 3.81. The molecule has 1 atom stereocenters. The van der Waals surface area contributed by atoms with Gasteiger partial charge in [-0.3, -0.25) is 0 Å². The molecule has 0 radical (unpaired) electrons. The number of nitrogens with two attached hydrogens (primary N) is 1. The molecule has 0 spiro atoms. The third-order valence-corrected chi connectivity index (χ3v) is 2.60. The van der Waals surface area contributed by atoms with Crippen molar-refractivity contribution in [3.05, 3.63) is 29.3 Å². The first-order valence-electron chi connectivity index (χ1n) is 4.95. The van der Waals surface area contributed by atoms with E-state index in [1.807, 2.05) is 24.3 Å². The van der Waals surface area contributed by atoms with Gasteiger partial charge in [0.15, 0.2) is 0 Å². The Hall–Kier alpha value is -0.730. The highest BCUT2D eigenvalue weighted by Crippen LogP contribution is 2.14. The molecule has 1 aromatic rings.